The normalized spacial score (nSPS) is 22.6. The summed E-state index contributed by atoms with van der Waals surface area (Å²) in [5.41, 5.74) is 6.57. The lowest BCUT2D eigenvalue weighted by Gasteiger charge is -2.39. The SMILES string of the molecule is COc1ccc([N+](=O)[O-])c(N2CCC(C)CC2CN)c1. The summed E-state index contributed by atoms with van der Waals surface area (Å²) in [6.07, 6.45) is 1.98. The van der Waals surface area contributed by atoms with Crippen molar-refractivity contribution in [1.29, 1.82) is 0 Å². The van der Waals surface area contributed by atoms with Crippen LogP contribution in [0.25, 0.3) is 0 Å². The summed E-state index contributed by atoms with van der Waals surface area (Å²) in [4.78, 5) is 12.9. The molecule has 2 atom stereocenters. The molecular weight excluding hydrogens is 258 g/mol. The molecular formula is C14H21N3O3. The molecule has 6 nitrogen and oxygen atoms in total. The van der Waals surface area contributed by atoms with Crippen LogP contribution in [-0.4, -0.2) is 31.2 Å². The molecule has 1 saturated heterocycles. The number of ether oxygens (including phenoxy) is 1. The number of benzene rings is 1. The van der Waals surface area contributed by atoms with Gasteiger partial charge in [-0.15, -0.1) is 0 Å². The van der Waals surface area contributed by atoms with Crippen LogP contribution in [0.3, 0.4) is 0 Å². The van der Waals surface area contributed by atoms with Crippen molar-refractivity contribution in [2.24, 2.45) is 11.7 Å². The zero-order chi connectivity index (χ0) is 14.7. The summed E-state index contributed by atoms with van der Waals surface area (Å²) >= 11 is 0. The summed E-state index contributed by atoms with van der Waals surface area (Å²) in [6.45, 7) is 3.48. The van der Waals surface area contributed by atoms with E-state index in [2.05, 4.69) is 11.8 Å². The van der Waals surface area contributed by atoms with E-state index in [1.54, 1.807) is 19.2 Å². The molecule has 0 aliphatic carbocycles. The highest BCUT2D eigenvalue weighted by Crippen LogP contribution is 2.36. The zero-order valence-corrected chi connectivity index (χ0v) is 11.9. The predicted octanol–water partition coefficient (Wildman–Crippen LogP) is 2.17. The van der Waals surface area contributed by atoms with Crippen molar-refractivity contribution in [1.82, 2.24) is 0 Å². The molecule has 20 heavy (non-hydrogen) atoms. The molecule has 1 heterocycles. The Morgan fingerprint density at radius 2 is 2.30 bits per heavy atom. The third-order valence-electron chi connectivity index (χ3n) is 3.94. The maximum Gasteiger partial charge on any atom is 0.292 e. The largest absolute Gasteiger partial charge is 0.497 e. The van der Waals surface area contributed by atoms with Crippen LogP contribution >= 0.6 is 0 Å². The van der Waals surface area contributed by atoms with Gasteiger partial charge in [0.2, 0.25) is 0 Å². The Morgan fingerprint density at radius 3 is 2.90 bits per heavy atom. The van der Waals surface area contributed by atoms with Gasteiger partial charge in [0.1, 0.15) is 11.4 Å². The maximum absolute atomic E-state index is 11.2. The van der Waals surface area contributed by atoms with Crippen LogP contribution in [0.4, 0.5) is 11.4 Å². The first kappa shape index (κ1) is 14.6. The number of nitrogens with two attached hydrogens (primary N) is 1. The number of methoxy groups -OCH3 is 1. The molecule has 0 aromatic heterocycles. The van der Waals surface area contributed by atoms with Gasteiger partial charge in [-0.3, -0.25) is 10.1 Å². The van der Waals surface area contributed by atoms with Gasteiger partial charge >= 0.3 is 0 Å². The molecule has 1 fully saturated rings. The number of rotatable bonds is 4. The molecule has 0 spiro atoms. The van der Waals surface area contributed by atoms with Crippen molar-refractivity contribution in [3.05, 3.63) is 28.3 Å². The minimum Gasteiger partial charge on any atom is -0.497 e. The molecule has 6 heteroatoms. The first-order valence-corrected chi connectivity index (χ1v) is 6.86. The van der Waals surface area contributed by atoms with E-state index in [1.165, 1.54) is 6.07 Å². The number of nitro groups is 1. The Morgan fingerprint density at radius 1 is 1.55 bits per heavy atom. The Labute approximate surface area is 118 Å². The molecule has 2 N–H and O–H groups in total. The Balaban J connectivity index is 2.40. The summed E-state index contributed by atoms with van der Waals surface area (Å²) in [6, 6.07) is 4.99. The number of hydrogen-bond donors (Lipinski definition) is 1. The second-order valence-electron chi connectivity index (χ2n) is 5.32. The molecule has 2 rings (SSSR count). The van der Waals surface area contributed by atoms with E-state index in [4.69, 9.17) is 10.5 Å². The molecule has 1 aliphatic rings. The van der Waals surface area contributed by atoms with Crippen LogP contribution in [0, 0.1) is 16.0 Å². The minimum atomic E-state index is -0.347. The van der Waals surface area contributed by atoms with Crippen molar-refractivity contribution in [2.75, 3.05) is 25.1 Å². The van der Waals surface area contributed by atoms with Crippen LogP contribution < -0.4 is 15.4 Å². The Kier molecular flexibility index (Phi) is 4.44. The van der Waals surface area contributed by atoms with Crippen molar-refractivity contribution >= 4 is 11.4 Å². The van der Waals surface area contributed by atoms with Crippen molar-refractivity contribution in [3.63, 3.8) is 0 Å². The fraction of sp³-hybridized carbons (Fsp3) is 0.571. The number of hydrogen-bond acceptors (Lipinski definition) is 5. The lowest BCUT2D eigenvalue weighted by molar-refractivity contribution is -0.384. The number of nitro benzene ring substituents is 1. The lowest BCUT2D eigenvalue weighted by atomic mass is 9.92. The average Bonchev–Trinajstić information content (AvgIpc) is 2.46. The standard InChI is InChI=1S/C14H21N3O3/c1-10-5-6-16(11(7-10)9-15)14-8-12(20-2)3-4-13(14)17(18)19/h3-4,8,10-11H,5-7,9,15H2,1-2H3. The van der Waals surface area contributed by atoms with Gasteiger partial charge in [0, 0.05) is 31.3 Å². The van der Waals surface area contributed by atoms with Crippen molar-refractivity contribution in [3.8, 4) is 5.75 Å². The fourth-order valence-electron chi connectivity index (χ4n) is 2.81. The maximum atomic E-state index is 11.2. The van der Waals surface area contributed by atoms with Crippen LogP contribution in [-0.2, 0) is 0 Å². The second kappa shape index (κ2) is 6.09. The van der Waals surface area contributed by atoms with E-state index < -0.39 is 0 Å². The average molecular weight is 279 g/mol. The smallest absolute Gasteiger partial charge is 0.292 e. The van der Waals surface area contributed by atoms with E-state index >= 15 is 0 Å². The monoisotopic (exact) mass is 279 g/mol. The molecule has 1 aromatic rings. The second-order valence-corrected chi connectivity index (χ2v) is 5.32. The highest BCUT2D eigenvalue weighted by atomic mass is 16.6. The zero-order valence-electron chi connectivity index (χ0n) is 11.9. The minimum absolute atomic E-state index is 0.110. The highest BCUT2D eigenvalue weighted by Gasteiger charge is 2.30. The number of piperidine rings is 1. The van der Waals surface area contributed by atoms with E-state index in [0.717, 1.165) is 19.4 Å². The predicted molar refractivity (Wildman–Crippen MR) is 78.2 cm³/mol. The van der Waals surface area contributed by atoms with Gasteiger partial charge in [-0.25, -0.2) is 0 Å². The topological polar surface area (TPSA) is 81.6 Å². The van der Waals surface area contributed by atoms with Crippen LogP contribution in [0.1, 0.15) is 19.8 Å². The Bertz CT molecular complexity index is 493. The fourth-order valence-corrected chi connectivity index (χ4v) is 2.81. The third kappa shape index (κ3) is 2.85. The van der Waals surface area contributed by atoms with Crippen LogP contribution in [0.15, 0.2) is 18.2 Å². The number of nitrogens with zero attached hydrogens (tertiary/aromatic N) is 2. The molecule has 1 aliphatic heterocycles. The summed E-state index contributed by atoms with van der Waals surface area (Å²) in [7, 11) is 1.56. The van der Waals surface area contributed by atoms with Crippen molar-refractivity contribution < 1.29 is 9.66 Å². The molecule has 0 amide bonds. The van der Waals surface area contributed by atoms with E-state index in [-0.39, 0.29) is 16.7 Å². The molecule has 0 saturated carbocycles. The number of anilines is 1. The third-order valence-corrected chi connectivity index (χ3v) is 3.94. The quantitative estimate of drug-likeness (QED) is 0.674. The van der Waals surface area contributed by atoms with E-state index in [1.807, 2.05) is 0 Å². The first-order valence-electron chi connectivity index (χ1n) is 6.86. The lowest BCUT2D eigenvalue weighted by Crippen LogP contribution is -2.46. The van der Waals surface area contributed by atoms with Gasteiger partial charge in [0.15, 0.2) is 0 Å². The summed E-state index contributed by atoms with van der Waals surface area (Å²) in [5, 5.41) is 11.2. The van der Waals surface area contributed by atoms with Gasteiger partial charge in [0.05, 0.1) is 12.0 Å². The summed E-state index contributed by atoms with van der Waals surface area (Å²) < 4.78 is 5.19. The molecule has 1 aromatic carbocycles. The van der Waals surface area contributed by atoms with Gasteiger partial charge < -0.3 is 15.4 Å². The van der Waals surface area contributed by atoms with Gasteiger partial charge in [-0.1, -0.05) is 6.92 Å². The highest BCUT2D eigenvalue weighted by molar-refractivity contribution is 5.66. The molecule has 110 valence electrons. The molecule has 2 unspecified atom stereocenters. The molecule has 0 radical (unpaired) electrons. The molecule has 0 bridgehead atoms. The Hall–Kier alpha value is -1.82. The van der Waals surface area contributed by atoms with Gasteiger partial charge in [-0.2, -0.15) is 0 Å². The summed E-state index contributed by atoms with van der Waals surface area (Å²) in [5.74, 6) is 1.23. The van der Waals surface area contributed by atoms with Gasteiger partial charge in [-0.05, 0) is 24.8 Å². The van der Waals surface area contributed by atoms with Crippen LogP contribution in [0.2, 0.25) is 0 Å². The van der Waals surface area contributed by atoms with Gasteiger partial charge in [0.25, 0.3) is 5.69 Å². The first-order chi connectivity index (χ1) is 9.56. The van der Waals surface area contributed by atoms with E-state index in [0.29, 0.717) is 23.9 Å². The van der Waals surface area contributed by atoms with E-state index in [9.17, 15) is 10.1 Å². The van der Waals surface area contributed by atoms with Crippen molar-refractivity contribution in [2.45, 2.75) is 25.8 Å². The van der Waals surface area contributed by atoms with Crippen LogP contribution in [0.5, 0.6) is 5.75 Å².